The Hall–Kier alpha value is -0.630. The summed E-state index contributed by atoms with van der Waals surface area (Å²) in [5.74, 6) is 5.33. The molecule has 0 radical (unpaired) electrons. The van der Waals surface area contributed by atoms with Crippen molar-refractivity contribution in [2.75, 3.05) is 0 Å². The van der Waals surface area contributed by atoms with E-state index in [1.54, 1.807) is 0 Å². The van der Waals surface area contributed by atoms with Gasteiger partial charge in [-0.3, -0.25) is 4.79 Å². The molecular formula is C29H48O2. The molecule has 0 aromatic heterocycles. The monoisotopic (exact) mass is 428 g/mol. The quantitative estimate of drug-likeness (QED) is 0.476. The Morgan fingerprint density at radius 3 is 2.42 bits per heavy atom. The molecule has 0 heterocycles. The highest BCUT2D eigenvalue weighted by Crippen LogP contribution is 2.68. The number of hydrogen-bond acceptors (Lipinski definition) is 2. The van der Waals surface area contributed by atoms with Crippen LogP contribution in [0.4, 0.5) is 0 Å². The number of carbonyl (C=O) groups is 1. The summed E-state index contributed by atoms with van der Waals surface area (Å²) >= 11 is 0. The van der Waals surface area contributed by atoms with Crippen LogP contribution >= 0.6 is 0 Å². The van der Waals surface area contributed by atoms with Crippen LogP contribution < -0.4 is 0 Å². The Labute approximate surface area is 191 Å². The van der Waals surface area contributed by atoms with E-state index >= 15 is 0 Å². The number of hydrogen-bond donors (Lipinski definition) is 1. The van der Waals surface area contributed by atoms with Crippen LogP contribution in [0.5, 0.6) is 0 Å². The van der Waals surface area contributed by atoms with Crippen LogP contribution in [-0.2, 0) is 4.79 Å². The minimum absolute atomic E-state index is 0.200. The van der Waals surface area contributed by atoms with Crippen molar-refractivity contribution in [3.05, 3.63) is 12.2 Å². The number of Topliss-reactive ketones (excluding diaryl/α,β-unsaturated/α-hetero) is 1. The first-order chi connectivity index (χ1) is 14.6. The van der Waals surface area contributed by atoms with Gasteiger partial charge in [0, 0.05) is 12.8 Å². The maximum Gasteiger partial charge on any atom is 0.133 e. The van der Waals surface area contributed by atoms with Crippen molar-refractivity contribution >= 4 is 5.78 Å². The van der Waals surface area contributed by atoms with Crippen molar-refractivity contribution < 1.29 is 9.90 Å². The highest BCUT2D eigenvalue weighted by Gasteiger charge is 2.62. The fourth-order valence-electron chi connectivity index (χ4n) is 9.20. The van der Waals surface area contributed by atoms with Crippen LogP contribution in [0.3, 0.4) is 0 Å². The molecule has 0 amide bonds. The topological polar surface area (TPSA) is 37.3 Å². The van der Waals surface area contributed by atoms with Gasteiger partial charge in [-0.1, -0.05) is 53.7 Å². The van der Waals surface area contributed by atoms with Gasteiger partial charge in [-0.15, -0.1) is 0 Å². The summed E-state index contributed by atoms with van der Waals surface area (Å²) in [5.41, 5.74) is 0.632. The van der Waals surface area contributed by atoms with Crippen molar-refractivity contribution in [2.24, 2.45) is 58.2 Å². The van der Waals surface area contributed by atoms with Gasteiger partial charge in [0.05, 0.1) is 6.10 Å². The molecule has 2 nitrogen and oxygen atoms in total. The van der Waals surface area contributed by atoms with Crippen molar-refractivity contribution in [3.63, 3.8) is 0 Å². The Morgan fingerprint density at radius 2 is 1.74 bits per heavy atom. The second-order valence-electron chi connectivity index (χ2n) is 12.8. The van der Waals surface area contributed by atoms with Gasteiger partial charge >= 0.3 is 0 Å². The average Bonchev–Trinajstić information content (AvgIpc) is 3.06. The van der Waals surface area contributed by atoms with E-state index in [0.717, 1.165) is 31.6 Å². The Balaban J connectivity index is 1.54. The SMILES string of the molecule is CCC(/C=C/C(C)[C@H]1CCC2C3C(O)C[C@H]4CC(=O)CC[C@]4(C)C3CC[C@@]21C)C(C)C. The minimum Gasteiger partial charge on any atom is -0.393 e. The number of fused-ring (bicyclic) bond motifs is 5. The Bertz CT molecular complexity index is 695. The molecule has 31 heavy (non-hydrogen) atoms. The van der Waals surface area contributed by atoms with Gasteiger partial charge in [-0.25, -0.2) is 0 Å². The first kappa shape index (κ1) is 23.5. The molecule has 0 saturated heterocycles. The van der Waals surface area contributed by atoms with Gasteiger partial charge < -0.3 is 5.11 Å². The van der Waals surface area contributed by atoms with Crippen molar-refractivity contribution in [2.45, 2.75) is 105 Å². The standard InChI is InChI=1S/C29H48O2/c1-7-20(18(2)3)9-8-19(4)23-10-11-24-27-25(13-15-29(23,24)6)28(5)14-12-22(30)16-21(28)17-26(27)31/h8-9,18-21,23-27,31H,7,10-17H2,1-6H3/b9-8+/t19?,20?,21-,23-,24?,25?,26?,27?,28+,29-/m1/s1. The summed E-state index contributed by atoms with van der Waals surface area (Å²) in [6.45, 7) is 14.5. The number of aliphatic hydroxyl groups excluding tert-OH is 1. The normalized spacial score (nSPS) is 47.2. The first-order valence-corrected chi connectivity index (χ1v) is 13.5. The first-order valence-electron chi connectivity index (χ1n) is 13.5. The molecule has 6 unspecified atom stereocenters. The van der Waals surface area contributed by atoms with Crippen molar-refractivity contribution in [1.29, 1.82) is 0 Å². The number of aliphatic hydroxyl groups is 1. The zero-order chi connectivity index (χ0) is 22.6. The summed E-state index contributed by atoms with van der Waals surface area (Å²) in [6.07, 6.45) is 14.7. The van der Waals surface area contributed by atoms with E-state index in [1.165, 1.54) is 32.1 Å². The maximum atomic E-state index is 12.2. The van der Waals surface area contributed by atoms with Crippen LogP contribution in [-0.4, -0.2) is 17.0 Å². The molecule has 0 aromatic carbocycles. The van der Waals surface area contributed by atoms with Gasteiger partial charge in [-0.05, 0) is 103 Å². The van der Waals surface area contributed by atoms with Crippen LogP contribution in [0.15, 0.2) is 12.2 Å². The van der Waals surface area contributed by atoms with E-state index < -0.39 is 0 Å². The van der Waals surface area contributed by atoms with E-state index in [9.17, 15) is 9.90 Å². The van der Waals surface area contributed by atoms with E-state index in [-0.39, 0.29) is 11.5 Å². The number of carbonyl (C=O) groups excluding carboxylic acids is 1. The number of rotatable bonds is 5. The van der Waals surface area contributed by atoms with Crippen LogP contribution in [0.2, 0.25) is 0 Å². The third-order valence-electron chi connectivity index (χ3n) is 11.2. The fraction of sp³-hybridized carbons (Fsp3) is 0.897. The maximum absolute atomic E-state index is 12.2. The Morgan fingerprint density at radius 1 is 1.03 bits per heavy atom. The molecule has 0 aromatic rings. The van der Waals surface area contributed by atoms with Gasteiger partial charge in [0.2, 0.25) is 0 Å². The molecule has 4 aliphatic carbocycles. The highest BCUT2D eigenvalue weighted by atomic mass is 16.3. The number of ketones is 1. The van der Waals surface area contributed by atoms with Crippen LogP contribution in [0.1, 0.15) is 99.3 Å². The minimum atomic E-state index is -0.200. The summed E-state index contributed by atoms with van der Waals surface area (Å²) in [5, 5.41) is 11.4. The largest absolute Gasteiger partial charge is 0.393 e. The summed E-state index contributed by atoms with van der Waals surface area (Å²) in [4.78, 5) is 12.2. The van der Waals surface area contributed by atoms with Crippen molar-refractivity contribution in [3.8, 4) is 0 Å². The second kappa shape index (κ2) is 8.62. The fourth-order valence-corrected chi connectivity index (χ4v) is 9.20. The molecule has 4 rings (SSSR count). The third kappa shape index (κ3) is 3.87. The average molecular weight is 429 g/mol. The second-order valence-corrected chi connectivity index (χ2v) is 12.8. The lowest BCUT2D eigenvalue weighted by Crippen LogP contribution is -2.58. The summed E-state index contributed by atoms with van der Waals surface area (Å²) in [7, 11) is 0. The summed E-state index contributed by atoms with van der Waals surface area (Å²) in [6, 6.07) is 0. The van der Waals surface area contributed by atoms with Crippen LogP contribution in [0.25, 0.3) is 0 Å². The molecule has 10 atom stereocenters. The van der Waals surface area contributed by atoms with Crippen molar-refractivity contribution in [1.82, 2.24) is 0 Å². The van der Waals surface area contributed by atoms with E-state index in [2.05, 4.69) is 53.7 Å². The Kier molecular flexibility index (Phi) is 6.54. The molecule has 0 spiro atoms. The van der Waals surface area contributed by atoms with Gasteiger partial charge in [0.25, 0.3) is 0 Å². The van der Waals surface area contributed by atoms with Gasteiger partial charge in [-0.2, -0.15) is 0 Å². The smallest absolute Gasteiger partial charge is 0.133 e. The van der Waals surface area contributed by atoms with E-state index in [0.29, 0.717) is 52.6 Å². The van der Waals surface area contributed by atoms with Crippen LogP contribution in [0, 0.1) is 58.2 Å². The molecule has 4 aliphatic rings. The molecule has 2 heteroatoms. The molecule has 4 saturated carbocycles. The molecule has 176 valence electrons. The lowest BCUT2D eigenvalue weighted by molar-refractivity contribution is -0.168. The van der Waals surface area contributed by atoms with E-state index in [4.69, 9.17) is 0 Å². The van der Waals surface area contributed by atoms with Gasteiger partial charge in [0.1, 0.15) is 5.78 Å². The highest BCUT2D eigenvalue weighted by molar-refractivity contribution is 5.79. The zero-order valence-electron chi connectivity index (χ0n) is 21.1. The zero-order valence-corrected chi connectivity index (χ0v) is 21.1. The predicted molar refractivity (Wildman–Crippen MR) is 129 cm³/mol. The third-order valence-corrected chi connectivity index (χ3v) is 11.2. The summed E-state index contributed by atoms with van der Waals surface area (Å²) < 4.78 is 0. The van der Waals surface area contributed by atoms with E-state index in [1.807, 2.05) is 0 Å². The lowest BCUT2D eigenvalue weighted by Gasteiger charge is -2.61. The molecular weight excluding hydrogens is 380 g/mol. The van der Waals surface area contributed by atoms with Gasteiger partial charge in [0.15, 0.2) is 0 Å². The molecule has 4 fully saturated rings. The number of allylic oxidation sites excluding steroid dienone is 2. The molecule has 0 aliphatic heterocycles. The molecule has 0 bridgehead atoms. The molecule has 1 N–H and O–H groups in total. The predicted octanol–water partition coefficient (Wildman–Crippen LogP) is 7.06. The lowest BCUT2D eigenvalue weighted by atomic mass is 9.44.